The third-order valence-electron chi connectivity index (χ3n) is 4.52. The smallest absolute Gasteiger partial charge is 0.100 e. The Bertz CT molecular complexity index is 805. The Hall–Kier alpha value is -2.17. The van der Waals surface area contributed by atoms with Gasteiger partial charge in [0.05, 0.1) is 6.04 Å². The summed E-state index contributed by atoms with van der Waals surface area (Å²) in [4.78, 5) is 4.13. The van der Waals surface area contributed by atoms with Crippen molar-refractivity contribution in [3.05, 3.63) is 60.0 Å². The van der Waals surface area contributed by atoms with Crippen LogP contribution in [0.5, 0.6) is 0 Å². The molecule has 122 valence electrons. The lowest BCUT2D eigenvalue weighted by molar-refractivity contribution is 0.344. The van der Waals surface area contributed by atoms with Crippen molar-refractivity contribution < 1.29 is 0 Å². The van der Waals surface area contributed by atoms with E-state index in [1.807, 2.05) is 48.8 Å². The van der Waals surface area contributed by atoms with E-state index in [1.165, 1.54) is 0 Å². The highest BCUT2D eigenvalue weighted by Crippen LogP contribution is 2.33. The number of piperidine rings is 1. The first-order chi connectivity index (χ1) is 11.8. The summed E-state index contributed by atoms with van der Waals surface area (Å²) in [6.07, 6.45) is 8.04. The van der Waals surface area contributed by atoms with Crippen molar-refractivity contribution in [1.82, 2.24) is 20.1 Å². The van der Waals surface area contributed by atoms with Crippen LogP contribution in [0.4, 0.5) is 0 Å². The summed E-state index contributed by atoms with van der Waals surface area (Å²) in [7, 11) is 0. The van der Waals surface area contributed by atoms with Crippen molar-refractivity contribution in [2.75, 3.05) is 13.1 Å². The molecule has 0 saturated carbocycles. The summed E-state index contributed by atoms with van der Waals surface area (Å²) in [6, 6.07) is 12.4. The van der Waals surface area contributed by atoms with E-state index in [9.17, 15) is 0 Å². The Morgan fingerprint density at radius 3 is 2.38 bits per heavy atom. The van der Waals surface area contributed by atoms with Gasteiger partial charge in [-0.05, 0) is 55.8 Å². The predicted octanol–water partition coefficient (Wildman–Crippen LogP) is 4.19. The van der Waals surface area contributed by atoms with Crippen LogP contribution in [0.2, 0.25) is 5.02 Å². The van der Waals surface area contributed by atoms with Crippen LogP contribution in [0.25, 0.3) is 22.4 Å². The molecule has 3 aromatic rings. The van der Waals surface area contributed by atoms with E-state index in [1.54, 1.807) is 0 Å². The van der Waals surface area contributed by atoms with E-state index in [2.05, 4.69) is 21.2 Å². The third kappa shape index (κ3) is 3.07. The van der Waals surface area contributed by atoms with E-state index in [0.717, 1.165) is 53.3 Å². The monoisotopic (exact) mass is 338 g/mol. The molecule has 0 unspecified atom stereocenters. The van der Waals surface area contributed by atoms with Gasteiger partial charge in [-0.25, -0.2) is 0 Å². The summed E-state index contributed by atoms with van der Waals surface area (Å²) >= 11 is 6.04. The number of hydrogen-bond acceptors (Lipinski definition) is 3. The van der Waals surface area contributed by atoms with Gasteiger partial charge in [-0.1, -0.05) is 23.7 Å². The van der Waals surface area contributed by atoms with Crippen molar-refractivity contribution >= 4 is 11.6 Å². The summed E-state index contributed by atoms with van der Waals surface area (Å²) in [6.45, 7) is 2.09. The topological polar surface area (TPSA) is 42.7 Å². The molecule has 0 spiro atoms. The zero-order valence-electron chi connectivity index (χ0n) is 13.3. The molecule has 1 fully saturated rings. The average molecular weight is 339 g/mol. The Morgan fingerprint density at radius 2 is 1.67 bits per heavy atom. The van der Waals surface area contributed by atoms with E-state index >= 15 is 0 Å². The molecule has 3 heterocycles. The molecule has 0 radical (unpaired) electrons. The lowest BCUT2D eigenvalue weighted by atomic mass is 10.0. The molecule has 24 heavy (non-hydrogen) atoms. The molecule has 1 aliphatic rings. The van der Waals surface area contributed by atoms with Crippen molar-refractivity contribution in [3.8, 4) is 22.4 Å². The van der Waals surface area contributed by atoms with Gasteiger partial charge in [0.1, 0.15) is 5.69 Å². The first kappa shape index (κ1) is 15.4. The van der Waals surface area contributed by atoms with Gasteiger partial charge in [-0.15, -0.1) is 0 Å². The second-order valence-electron chi connectivity index (χ2n) is 6.10. The second kappa shape index (κ2) is 6.75. The fourth-order valence-corrected chi connectivity index (χ4v) is 3.34. The highest BCUT2D eigenvalue weighted by molar-refractivity contribution is 6.30. The molecular formula is C19H19ClN4. The first-order valence-corrected chi connectivity index (χ1v) is 8.65. The minimum atomic E-state index is 0.452. The van der Waals surface area contributed by atoms with E-state index < -0.39 is 0 Å². The van der Waals surface area contributed by atoms with Gasteiger partial charge in [-0.3, -0.25) is 9.67 Å². The van der Waals surface area contributed by atoms with Crippen LogP contribution in [0.3, 0.4) is 0 Å². The van der Waals surface area contributed by atoms with Gasteiger partial charge in [0.15, 0.2) is 0 Å². The minimum absolute atomic E-state index is 0.452. The van der Waals surface area contributed by atoms with Crippen molar-refractivity contribution in [2.24, 2.45) is 0 Å². The predicted molar refractivity (Wildman–Crippen MR) is 97.0 cm³/mol. The molecule has 1 N–H and O–H groups in total. The molecular weight excluding hydrogens is 320 g/mol. The summed E-state index contributed by atoms with van der Waals surface area (Å²) in [5.74, 6) is 0. The molecule has 1 saturated heterocycles. The van der Waals surface area contributed by atoms with Gasteiger partial charge >= 0.3 is 0 Å². The number of pyridine rings is 1. The van der Waals surface area contributed by atoms with Crippen LogP contribution in [-0.2, 0) is 0 Å². The highest BCUT2D eigenvalue weighted by Gasteiger charge is 2.20. The summed E-state index contributed by atoms with van der Waals surface area (Å²) < 4.78 is 2.14. The number of nitrogens with zero attached hydrogens (tertiary/aromatic N) is 3. The number of nitrogens with one attached hydrogen (secondary N) is 1. The van der Waals surface area contributed by atoms with Crippen LogP contribution >= 0.6 is 11.6 Å². The van der Waals surface area contributed by atoms with Crippen molar-refractivity contribution in [3.63, 3.8) is 0 Å². The fraction of sp³-hybridized carbons (Fsp3) is 0.263. The van der Waals surface area contributed by atoms with Crippen molar-refractivity contribution in [2.45, 2.75) is 18.9 Å². The lowest BCUT2D eigenvalue weighted by Crippen LogP contribution is -2.29. The average Bonchev–Trinajstić information content (AvgIpc) is 3.09. The van der Waals surface area contributed by atoms with Crippen LogP contribution in [-0.4, -0.2) is 27.9 Å². The minimum Gasteiger partial charge on any atom is -0.317 e. The second-order valence-corrected chi connectivity index (χ2v) is 6.53. The first-order valence-electron chi connectivity index (χ1n) is 8.27. The van der Waals surface area contributed by atoms with Crippen LogP contribution in [0, 0.1) is 0 Å². The summed E-state index contributed by atoms with van der Waals surface area (Å²) in [5, 5.41) is 9.08. The number of halogens is 1. The Balaban J connectivity index is 1.80. The van der Waals surface area contributed by atoms with E-state index in [4.69, 9.17) is 16.7 Å². The highest BCUT2D eigenvalue weighted by atomic mass is 35.5. The number of aromatic nitrogens is 3. The maximum Gasteiger partial charge on any atom is 0.100 e. The van der Waals surface area contributed by atoms with Gasteiger partial charge in [-0.2, -0.15) is 5.10 Å². The zero-order valence-corrected chi connectivity index (χ0v) is 14.1. The Labute approximate surface area is 146 Å². The van der Waals surface area contributed by atoms with Crippen molar-refractivity contribution in [1.29, 1.82) is 0 Å². The molecule has 5 heteroatoms. The number of hydrogen-bond donors (Lipinski definition) is 1. The molecule has 2 aromatic heterocycles. The SMILES string of the molecule is Clc1ccc(-c2nn(C3CCNCC3)cc2-c2ccncc2)cc1. The molecule has 0 bridgehead atoms. The Kier molecular flexibility index (Phi) is 4.32. The standard InChI is InChI=1S/C19H19ClN4/c20-16-3-1-15(2-4-16)19-18(14-5-9-21-10-6-14)13-24(23-19)17-7-11-22-12-8-17/h1-6,9-10,13,17,22H,7-8,11-12H2. The normalized spacial score (nSPS) is 15.5. The molecule has 1 aromatic carbocycles. The van der Waals surface area contributed by atoms with E-state index in [0.29, 0.717) is 6.04 Å². The summed E-state index contributed by atoms with van der Waals surface area (Å²) in [5.41, 5.74) is 4.35. The van der Waals surface area contributed by atoms with Gasteiger partial charge in [0.2, 0.25) is 0 Å². The third-order valence-corrected chi connectivity index (χ3v) is 4.78. The van der Waals surface area contributed by atoms with Gasteiger partial charge < -0.3 is 5.32 Å². The number of benzene rings is 1. The molecule has 0 amide bonds. The lowest BCUT2D eigenvalue weighted by Gasteiger charge is -2.22. The molecule has 4 nitrogen and oxygen atoms in total. The molecule has 4 rings (SSSR count). The van der Waals surface area contributed by atoms with Crippen LogP contribution in [0.1, 0.15) is 18.9 Å². The molecule has 1 aliphatic heterocycles. The number of rotatable bonds is 3. The molecule has 0 atom stereocenters. The van der Waals surface area contributed by atoms with Gasteiger partial charge in [0.25, 0.3) is 0 Å². The van der Waals surface area contributed by atoms with Crippen LogP contribution < -0.4 is 5.32 Å². The van der Waals surface area contributed by atoms with E-state index in [-0.39, 0.29) is 0 Å². The largest absolute Gasteiger partial charge is 0.317 e. The quantitative estimate of drug-likeness (QED) is 0.778. The van der Waals surface area contributed by atoms with Crippen LogP contribution in [0.15, 0.2) is 55.0 Å². The fourth-order valence-electron chi connectivity index (χ4n) is 3.21. The zero-order chi connectivity index (χ0) is 16.4. The van der Waals surface area contributed by atoms with Gasteiger partial charge in [0, 0.05) is 34.7 Å². The molecule has 0 aliphatic carbocycles. The maximum atomic E-state index is 6.04. The maximum absolute atomic E-state index is 6.04. The Morgan fingerprint density at radius 1 is 0.958 bits per heavy atom.